The summed E-state index contributed by atoms with van der Waals surface area (Å²) in [5.74, 6) is 0. The van der Waals surface area contributed by atoms with Crippen molar-refractivity contribution >= 4 is 5.69 Å². The van der Waals surface area contributed by atoms with Gasteiger partial charge in [-0.2, -0.15) is 0 Å². The van der Waals surface area contributed by atoms with Crippen molar-refractivity contribution in [3.63, 3.8) is 0 Å². The Kier molecular flexibility index (Phi) is 4.50. The average Bonchev–Trinajstić information content (AvgIpc) is 2.38. The molecular formula is C14H21N3O2. The molecule has 0 aliphatic carbocycles. The molecule has 1 aromatic carbocycles. The molecule has 19 heavy (non-hydrogen) atoms. The van der Waals surface area contributed by atoms with Crippen LogP contribution in [0.4, 0.5) is 5.69 Å². The minimum atomic E-state index is -0.352. The number of nitro benzene ring substituents is 1. The Bertz CT molecular complexity index is 440. The van der Waals surface area contributed by atoms with E-state index in [4.69, 9.17) is 0 Å². The smallest absolute Gasteiger partial charge is 0.258 e. The highest BCUT2D eigenvalue weighted by Crippen LogP contribution is 2.21. The van der Waals surface area contributed by atoms with E-state index < -0.39 is 0 Å². The van der Waals surface area contributed by atoms with Crippen LogP contribution in [0.5, 0.6) is 0 Å². The van der Waals surface area contributed by atoms with Gasteiger partial charge < -0.3 is 0 Å². The molecule has 1 aliphatic heterocycles. The molecule has 0 aromatic heterocycles. The van der Waals surface area contributed by atoms with Crippen LogP contribution < -0.4 is 5.43 Å². The number of hydrogen-bond donors (Lipinski definition) is 1. The SMILES string of the molecule is CC1CCCC(C)N1NCc1cccc([N+](=O)[O-])c1. The molecule has 1 aliphatic rings. The number of hydrogen-bond acceptors (Lipinski definition) is 4. The first-order valence-corrected chi connectivity index (χ1v) is 6.83. The van der Waals surface area contributed by atoms with Crippen molar-refractivity contribution < 1.29 is 4.92 Å². The Morgan fingerprint density at radius 3 is 2.68 bits per heavy atom. The van der Waals surface area contributed by atoms with Crippen LogP contribution in [0.15, 0.2) is 24.3 Å². The van der Waals surface area contributed by atoms with Gasteiger partial charge in [-0.3, -0.25) is 15.5 Å². The van der Waals surface area contributed by atoms with Gasteiger partial charge in [0.15, 0.2) is 0 Å². The van der Waals surface area contributed by atoms with E-state index in [0.29, 0.717) is 18.6 Å². The van der Waals surface area contributed by atoms with Crippen LogP contribution in [0.3, 0.4) is 0 Å². The highest BCUT2D eigenvalue weighted by atomic mass is 16.6. The zero-order valence-electron chi connectivity index (χ0n) is 11.5. The maximum absolute atomic E-state index is 10.7. The summed E-state index contributed by atoms with van der Waals surface area (Å²) in [5.41, 5.74) is 4.51. The lowest BCUT2D eigenvalue weighted by Crippen LogP contribution is -2.51. The van der Waals surface area contributed by atoms with Gasteiger partial charge in [-0.05, 0) is 32.3 Å². The van der Waals surface area contributed by atoms with Gasteiger partial charge in [-0.15, -0.1) is 0 Å². The number of hydrazine groups is 1. The number of nitrogens with one attached hydrogen (secondary N) is 1. The summed E-state index contributed by atoms with van der Waals surface area (Å²) in [6.45, 7) is 5.07. The predicted octanol–water partition coefficient (Wildman–Crippen LogP) is 2.86. The lowest BCUT2D eigenvalue weighted by atomic mass is 10.00. The third-order valence-electron chi connectivity index (χ3n) is 3.78. The van der Waals surface area contributed by atoms with E-state index in [1.54, 1.807) is 12.1 Å². The molecule has 5 nitrogen and oxygen atoms in total. The molecule has 2 rings (SSSR count). The Morgan fingerprint density at radius 1 is 1.37 bits per heavy atom. The second-order valence-electron chi connectivity index (χ2n) is 5.30. The number of piperidine rings is 1. The standard InChI is InChI=1S/C14H21N3O2/c1-11-5-3-6-12(2)16(11)15-10-13-7-4-8-14(9-13)17(18)19/h4,7-9,11-12,15H,3,5-6,10H2,1-2H3. The van der Waals surface area contributed by atoms with Gasteiger partial charge in [0.1, 0.15) is 0 Å². The van der Waals surface area contributed by atoms with Crippen molar-refractivity contribution in [2.24, 2.45) is 0 Å². The van der Waals surface area contributed by atoms with E-state index in [9.17, 15) is 10.1 Å². The third-order valence-corrected chi connectivity index (χ3v) is 3.78. The molecule has 0 spiro atoms. The van der Waals surface area contributed by atoms with E-state index in [2.05, 4.69) is 24.3 Å². The highest BCUT2D eigenvalue weighted by Gasteiger charge is 2.24. The Morgan fingerprint density at radius 2 is 2.05 bits per heavy atom. The van der Waals surface area contributed by atoms with Crippen LogP contribution in [0.25, 0.3) is 0 Å². The van der Waals surface area contributed by atoms with E-state index in [0.717, 1.165) is 5.56 Å². The fourth-order valence-electron chi connectivity index (χ4n) is 2.70. The maximum Gasteiger partial charge on any atom is 0.269 e. The summed E-state index contributed by atoms with van der Waals surface area (Å²) in [6, 6.07) is 7.84. The summed E-state index contributed by atoms with van der Waals surface area (Å²) in [6.07, 6.45) is 3.68. The second kappa shape index (κ2) is 6.12. The zero-order chi connectivity index (χ0) is 13.8. The molecule has 5 heteroatoms. The Hall–Kier alpha value is -1.46. The number of rotatable bonds is 4. The van der Waals surface area contributed by atoms with Crippen LogP contribution >= 0.6 is 0 Å². The molecule has 0 saturated carbocycles. The summed E-state index contributed by atoms with van der Waals surface area (Å²) in [4.78, 5) is 10.4. The van der Waals surface area contributed by atoms with Crippen LogP contribution in [-0.4, -0.2) is 22.0 Å². The third kappa shape index (κ3) is 3.52. The molecule has 0 bridgehead atoms. The van der Waals surface area contributed by atoms with Gasteiger partial charge in [0.25, 0.3) is 5.69 Å². The molecule has 2 atom stereocenters. The van der Waals surface area contributed by atoms with Gasteiger partial charge in [-0.25, -0.2) is 5.01 Å². The van der Waals surface area contributed by atoms with E-state index in [1.165, 1.54) is 25.3 Å². The van der Waals surface area contributed by atoms with Crippen molar-refractivity contribution in [2.45, 2.75) is 51.7 Å². The number of nitrogens with zero attached hydrogens (tertiary/aromatic N) is 2. The molecule has 1 N–H and O–H groups in total. The second-order valence-corrected chi connectivity index (χ2v) is 5.30. The minimum Gasteiger partial charge on any atom is -0.258 e. The van der Waals surface area contributed by atoms with E-state index in [1.807, 2.05) is 6.07 Å². The van der Waals surface area contributed by atoms with Crippen LogP contribution in [0, 0.1) is 10.1 Å². The first-order chi connectivity index (χ1) is 9.08. The zero-order valence-corrected chi connectivity index (χ0v) is 11.5. The first kappa shape index (κ1) is 14.0. The summed E-state index contributed by atoms with van der Waals surface area (Å²) < 4.78 is 0. The van der Waals surface area contributed by atoms with Crippen molar-refractivity contribution in [2.75, 3.05) is 0 Å². The summed E-state index contributed by atoms with van der Waals surface area (Å²) in [7, 11) is 0. The normalized spacial score (nSPS) is 24.3. The largest absolute Gasteiger partial charge is 0.269 e. The van der Waals surface area contributed by atoms with Crippen molar-refractivity contribution in [1.29, 1.82) is 0 Å². The van der Waals surface area contributed by atoms with Crippen molar-refractivity contribution in [1.82, 2.24) is 10.4 Å². The predicted molar refractivity (Wildman–Crippen MR) is 74.6 cm³/mol. The van der Waals surface area contributed by atoms with Crippen molar-refractivity contribution in [3.05, 3.63) is 39.9 Å². The highest BCUT2D eigenvalue weighted by molar-refractivity contribution is 5.34. The van der Waals surface area contributed by atoms with Gasteiger partial charge in [-0.1, -0.05) is 18.6 Å². The van der Waals surface area contributed by atoms with Crippen molar-refractivity contribution in [3.8, 4) is 0 Å². The summed E-state index contributed by atoms with van der Waals surface area (Å²) in [5, 5.41) is 13.0. The molecular weight excluding hydrogens is 242 g/mol. The molecule has 0 amide bonds. The number of benzene rings is 1. The minimum absolute atomic E-state index is 0.152. The molecule has 1 aromatic rings. The van der Waals surface area contributed by atoms with E-state index >= 15 is 0 Å². The molecule has 1 heterocycles. The lowest BCUT2D eigenvalue weighted by molar-refractivity contribution is -0.384. The monoisotopic (exact) mass is 263 g/mol. The Balaban J connectivity index is 1.98. The quantitative estimate of drug-likeness (QED) is 0.670. The van der Waals surface area contributed by atoms with Crippen LogP contribution in [0.2, 0.25) is 0 Å². The molecule has 1 saturated heterocycles. The van der Waals surface area contributed by atoms with Gasteiger partial charge in [0.05, 0.1) is 4.92 Å². The molecule has 104 valence electrons. The fourth-order valence-corrected chi connectivity index (χ4v) is 2.70. The van der Waals surface area contributed by atoms with Crippen LogP contribution in [0.1, 0.15) is 38.7 Å². The van der Waals surface area contributed by atoms with E-state index in [-0.39, 0.29) is 10.6 Å². The first-order valence-electron chi connectivity index (χ1n) is 6.83. The summed E-state index contributed by atoms with van der Waals surface area (Å²) >= 11 is 0. The molecule has 2 unspecified atom stereocenters. The molecule has 1 fully saturated rings. The number of non-ortho nitro benzene ring substituents is 1. The van der Waals surface area contributed by atoms with Gasteiger partial charge >= 0.3 is 0 Å². The Labute approximate surface area is 113 Å². The topological polar surface area (TPSA) is 58.4 Å². The van der Waals surface area contributed by atoms with Gasteiger partial charge in [0, 0.05) is 30.8 Å². The molecule has 0 radical (unpaired) electrons. The van der Waals surface area contributed by atoms with Gasteiger partial charge in [0.2, 0.25) is 0 Å². The van der Waals surface area contributed by atoms with Crippen LogP contribution in [-0.2, 0) is 6.54 Å². The lowest BCUT2D eigenvalue weighted by Gasteiger charge is -2.39. The fraction of sp³-hybridized carbons (Fsp3) is 0.571. The maximum atomic E-state index is 10.7. The average molecular weight is 263 g/mol. The number of nitro groups is 1.